The SMILES string of the molecule is COc1cc(C=CC(=O)c2cccs2)ccc1OC(F)F. The first-order valence-corrected chi connectivity index (χ1v) is 6.87. The molecule has 1 aromatic carbocycles. The van der Waals surface area contributed by atoms with Crippen molar-refractivity contribution in [1.82, 2.24) is 0 Å². The molecule has 0 N–H and O–H groups in total. The van der Waals surface area contributed by atoms with E-state index >= 15 is 0 Å². The van der Waals surface area contributed by atoms with E-state index in [0.29, 0.717) is 10.4 Å². The van der Waals surface area contributed by atoms with Crippen molar-refractivity contribution < 1.29 is 23.0 Å². The van der Waals surface area contributed by atoms with Crippen molar-refractivity contribution in [2.45, 2.75) is 6.61 Å². The van der Waals surface area contributed by atoms with Crippen molar-refractivity contribution in [2.24, 2.45) is 0 Å². The number of alkyl halides is 2. The molecule has 1 heterocycles. The summed E-state index contributed by atoms with van der Waals surface area (Å²) in [7, 11) is 1.36. The molecule has 0 saturated heterocycles. The summed E-state index contributed by atoms with van der Waals surface area (Å²) >= 11 is 1.35. The van der Waals surface area contributed by atoms with Gasteiger partial charge >= 0.3 is 6.61 Å². The highest BCUT2D eigenvalue weighted by atomic mass is 32.1. The van der Waals surface area contributed by atoms with Gasteiger partial charge in [-0.25, -0.2) is 0 Å². The van der Waals surface area contributed by atoms with Gasteiger partial charge in [-0.2, -0.15) is 8.78 Å². The molecular formula is C15H12F2O3S. The molecule has 0 aliphatic carbocycles. The van der Waals surface area contributed by atoms with E-state index in [1.807, 2.05) is 5.38 Å². The first-order valence-electron chi connectivity index (χ1n) is 5.99. The van der Waals surface area contributed by atoms with Gasteiger partial charge in [0.1, 0.15) is 0 Å². The van der Waals surface area contributed by atoms with Gasteiger partial charge in [0.15, 0.2) is 17.3 Å². The summed E-state index contributed by atoms with van der Waals surface area (Å²) in [5.74, 6) is 0.0205. The van der Waals surface area contributed by atoms with E-state index in [1.165, 1.54) is 36.7 Å². The quantitative estimate of drug-likeness (QED) is 0.591. The Hall–Kier alpha value is -2.21. The molecule has 0 bridgehead atoms. The van der Waals surface area contributed by atoms with Crippen molar-refractivity contribution in [2.75, 3.05) is 7.11 Å². The maximum atomic E-state index is 12.2. The van der Waals surface area contributed by atoms with E-state index in [1.54, 1.807) is 24.3 Å². The third kappa shape index (κ3) is 4.13. The molecule has 0 fully saturated rings. The van der Waals surface area contributed by atoms with Crippen molar-refractivity contribution in [3.8, 4) is 11.5 Å². The van der Waals surface area contributed by atoms with Crippen LogP contribution in [0.25, 0.3) is 6.08 Å². The number of thiophene rings is 1. The normalized spacial score (nSPS) is 11.0. The molecule has 0 saturated carbocycles. The van der Waals surface area contributed by atoms with Crippen LogP contribution >= 0.6 is 11.3 Å². The number of carbonyl (C=O) groups is 1. The number of carbonyl (C=O) groups excluding carboxylic acids is 1. The molecule has 0 unspecified atom stereocenters. The van der Waals surface area contributed by atoms with E-state index in [4.69, 9.17) is 4.74 Å². The third-order valence-electron chi connectivity index (χ3n) is 2.59. The van der Waals surface area contributed by atoms with Gasteiger partial charge in [0.05, 0.1) is 12.0 Å². The minimum absolute atomic E-state index is 0.0470. The average Bonchev–Trinajstić information content (AvgIpc) is 2.99. The van der Waals surface area contributed by atoms with Crippen LogP contribution in [0, 0.1) is 0 Å². The monoisotopic (exact) mass is 310 g/mol. The number of hydrogen-bond donors (Lipinski definition) is 0. The second-order valence-electron chi connectivity index (χ2n) is 3.96. The van der Waals surface area contributed by atoms with Crippen LogP contribution in [0.5, 0.6) is 11.5 Å². The van der Waals surface area contributed by atoms with Crippen LogP contribution in [0.15, 0.2) is 41.8 Å². The Kier molecular flexibility index (Phi) is 5.05. The Bertz CT molecular complexity index is 636. The summed E-state index contributed by atoms with van der Waals surface area (Å²) in [6.45, 7) is -2.92. The summed E-state index contributed by atoms with van der Waals surface area (Å²) in [5.41, 5.74) is 0.651. The molecule has 21 heavy (non-hydrogen) atoms. The van der Waals surface area contributed by atoms with Gasteiger partial charge in [-0.15, -0.1) is 11.3 Å². The highest BCUT2D eigenvalue weighted by Gasteiger charge is 2.10. The molecule has 2 aromatic rings. The number of hydrogen-bond acceptors (Lipinski definition) is 4. The first-order chi connectivity index (χ1) is 10.1. The summed E-state index contributed by atoms with van der Waals surface area (Å²) in [4.78, 5) is 12.4. The summed E-state index contributed by atoms with van der Waals surface area (Å²) in [6, 6.07) is 8.00. The Balaban J connectivity index is 2.15. The fourth-order valence-electron chi connectivity index (χ4n) is 1.65. The molecule has 0 aliphatic heterocycles. The van der Waals surface area contributed by atoms with Crippen LogP contribution in [-0.4, -0.2) is 19.5 Å². The van der Waals surface area contributed by atoms with Crippen molar-refractivity contribution in [3.05, 3.63) is 52.2 Å². The Labute approximate surface area is 124 Å². The van der Waals surface area contributed by atoms with Gasteiger partial charge in [-0.05, 0) is 35.2 Å². The number of halogens is 2. The molecule has 0 spiro atoms. The van der Waals surface area contributed by atoms with Crippen molar-refractivity contribution in [1.29, 1.82) is 0 Å². The van der Waals surface area contributed by atoms with Crippen LogP contribution in [0.1, 0.15) is 15.2 Å². The fraction of sp³-hybridized carbons (Fsp3) is 0.133. The zero-order valence-electron chi connectivity index (χ0n) is 11.1. The Morgan fingerprint density at radius 2 is 2.10 bits per heavy atom. The number of methoxy groups -OCH3 is 1. The minimum atomic E-state index is -2.92. The highest BCUT2D eigenvalue weighted by molar-refractivity contribution is 7.12. The highest BCUT2D eigenvalue weighted by Crippen LogP contribution is 2.29. The van der Waals surface area contributed by atoms with Crippen LogP contribution in [-0.2, 0) is 0 Å². The van der Waals surface area contributed by atoms with E-state index in [9.17, 15) is 13.6 Å². The van der Waals surface area contributed by atoms with Gasteiger partial charge in [-0.1, -0.05) is 18.2 Å². The Morgan fingerprint density at radius 3 is 2.71 bits per heavy atom. The van der Waals surface area contributed by atoms with Crippen LogP contribution < -0.4 is 9.47 Å². The molecule has 3 nitrogen and oxygen atoms in total. The topological polar surface area (TPSA) is 35.5 Å². The number of allylic oxidation sites excluding steroid dienone is 1. The van der Waals surface area contributed by atoms with Crippen LogP contribution in [0.4, 0.5) is 8.78 Å². The molecule has 1 aromatic heterocycles. The zero-order valence-corrected chi connectivity index (χ0v) is 11.9. The number of rotatable bonds is 6. The van der Waals surface area contributed by atoms with Crippen LogP contribution in [0.2, 0.25) is 0 Å². The van der Waals surface area contributed by atoms with Crippen LogP contribution in [0.3, 0.4) is 0 Å². The maximum absolute atomic E-state index is 12.2. The summed E-state index contributed by atoms with van der Waals surface area (Å²) in [6.07, 6.45) is 3.02. The largest absolute Gasteiger partial charge is 0.493 e. The van der Waals surface area contributed by atoms with E-state index in [0.717, 1.165) is 0 Å². The summed E-state index contributed by atoms with van der Waals surface area (Å²) in [5, 5.41) is 1.82. The smallest absolute Gasteiger partial charge is 0.387 e. The van der Waals surface area contributed by atoms with Gasteiger partial charge in [0.2, 0.25) is 0 Å². The maximum Gasteiger partial charge on any atom is 0.387 e. The number of ether oxygens (including phenoxy) is 2. The first kappa shape index (κ1) is 15.2. The van der Waals surface area contributed by atoms with Gasteiger partial charge in [0, 0.05) is 0 Å². The van der Waals surface area contributed by atoms with E-state index < -0.39 is 6.61 Å². The second-order valence-corrected chi connectivity index (χ2v) is 4.91. The molecule has 0 radical (unpaired) electrons. The average molecular weight is 310 g/mol. The lowest BCUT2D eigenvalue weighted by molar-refractivity contribution is -0.0512. The minimum Gasteiger partial charge on any atom is -0.493 e. The molecule has 0 amide bonds. The predicted octanol–water partition coefficient (Wildman–Crippen LogP) is 4.25. The van der Waals surface area contributed by atoms with Crippen molar-refractivity contribution in [3.63, 3.8) is 0 Å². The molecule has 2 rings (SSSR count). The molecular weight excluding hydrogens is 298 g/mol. The lowest BCUT2D eigenvalue weighted by atomic mass is 10.1. The molecule has 0 aliphatic rings. The predicted molar refractivity (Wildman–Crippen MR) is 77.3 cm³/mol. The lowest BCUT2D eigenvalue weighted by Gasteiger charge is -2.10. The molecule has 6 heteroatoms. The lowest BCUT2D eigenvalue weighted by Crippen LogP contribution is -2.03. The molecule has 110 valence electrons. The van der Waals surface area contributed by atoms with E-state index in [2.05, 4.69) is 4.74 Å². The Morgan fingerprint density at radius 1 is 1.29 bits per heavy atom. The second kappa shape index (κ2) is 6.99. The number of ketones is 1. The van der Waals surface area contributed by atoms with Gasteiger partial charge in [-0.3, -0.25) is 4.79 Å². The summed E-state index contributed by atoms with van der Waals surface area (Å²) < 4.78 is 33.7. The standard InChI is InChI=1S/C15H12F2O3S/c1-19-13-9-10(5-7-12(13)20-15(16)17)4-6-11(18)14-3-2-8-21-14/h2-9,15H,1H3. The number of benzene rings is 1. The van der Waals surface area contributed by atoms with E-state index in [-0.39, 0.29) is 17.3 Å². The van der Waals surface area contributed by atoms with Gasteiger partial charge in [0.25, 0.3) is 0 Å². The molecule has 0 atom stereocenters. The third-order valence-corrected chi connectivity index (χ3v) is 3.48. The van der Waals surface area contributed by atoms with Crippen molar-refractivity contribution >= 4 is 23.2 Å². The fourth-order valence-corrected chi connectivity index (χ4v) is 2.30. The van der Waals surface area contributed by atoms with Gasteiger partial charge < -0.3 is 9.47 Å². The zero-order chi connectivity index (χ0) is 15.2.